The Morgan fingerprint density at radius 2 is 1.97 bits per heavy atom. The molecule has 11 heteroatoms. The number of carbonyl (C=O) groups is 1. The van der Waals surface area contributed by atoms with Gasteiger partial charge >= 0.3 is 6.18 Å². The number of nitrogens with zero attached hydrogens (tertiary/aromatic N) is 2. The molecular weight excluding hydrogens is 423 g/mol. The number of nitrogens with one attached hydrogen (secondary N) is 1. The fourth-order valence-corrected chi connectivity index (χ4v) is 4.61. The van der Waals surface area contributed by atoms with E-state index in [4.69, 9.17) is 4.74 Å². The third-order valence-corrected chi connectivity index (χ3v) is 6.55. The van der Waals surface area contributed by atoms with Crippen LogP contribution in [-0.4, -0.2) is 42.8 Å². The molecule has 2 aromatic rings. The zero-order valence-electron chi connectivity index (χ0n) is 16.2. The van der Waals surface area contributed by atoms with Crippen LogP contribution in [0.15, 0.2) is 41.4 Å². The summed E-state index contributed by atoms with van der Waals surface area (Å²) in [6.45, 7) is 3.31. The molecule has 0 aliphatic carbocycles. The Kier molecular flexibility index (Phi) is 6.04. The molecule has 3 rings (SSSR count). The van der Waals surface area contributed by atoms with Gasteiger partial charge in [0.1, 0.15) is 6.10 Å². The number of sulfonamides is 1. The SMILES string of the molecule is CCC(=O)Nc1ccc(S(=O)(=O)N2CC(Oc3cc(C(F)(F)F)ccn3)C2)c(C)c1. The first-order chi connectivity index (χ1) is 14.0. The smallest absolute Gasteiger partial charge is 0.416 e. The van der Waals surface area contributed by atoms with Crippen molar-refractivity contribution < 1.29 is 31.1 Å². The van der Waals surface area contributed by atoms with Gasteiger partial charge < -0.3 is 10.1 Å². The van der Waals surface area contributed by atoms with Crippen LogP contribution in [0.25, 0.3) is 0 Å². The number of rotatable bonds is 6. The number of aromatic nitrogens is 1. The average molecular weight is 443 g/mol. The summed E-state index contributed by atoms with van der Waals surface area (Å²) in [6.07, 6.45) is -3.82. The van der Waals surface area contributed by atoms with Gasteiger partial charge in [0, 0.05) is 24.4 Å². The Morgan fingerprint density at radius 3 is 2.57 bits per heavy atom. The van der Waals surface area contributed by atoms with Gasteiger partial charge in [-0.15, -0.1) is 0 Å². The normalized spacial score (nSPS) is 15.5. The molecule has 0 bridgehead atoms. The molecule has 0 spiro atoms. The van der Waals surface area contributed by atoms with Crippen molar-refractivity contribution in [2.45, 2.75) is 37.4 Å². The second-order valence-corrected chi connectivity index (χ2v) is 8.73. The second kappa shape index (κ2) is 8.23. The molecule has 2 heterocycles. The predicted octanol–water partition coefficient (Wildman–Crippen LogP) is 3.21. The first-order valence-corrected chi connectivity index (χ1v) is 10.5. The van der Waals surface area contributed by atoms with Crippen LogP contribution in [0.2, 0.25) is 0 Å². The highest BCUT2D eigenvalue weighted by Gasteiger charge is 2.39. The van der Waals surface area contributed by atoms with Crippen molar-refractivity contribution >= 4 is 21.6 Å². The lowest BCUT2D eigenvalue weighted by Crippen LogP contribution is -2.56. The van der Waals surface area contributed by atoms with E-state index in [0.29, 0.717) is 17.7 Å². The quantitative estimate of drug-likeness (QED) is 0.741. The lowest BCUT2D eigenvalue weighted by atomic mass is 10.2. The Balaban J connectivity index is 1.66. The molecule has 0 atom stereocenters. The van der Waals surface area contributed by atoms with Crippen molar-refractivity contribution in [1.82, 2.24) is 9.29 Å². The molecule has 1 amide bonds. The summed E-state index contributed by atoms with van der Waals surface area (Å²) in [5, 5.41) is 2.66. The van der Waals surface area contributed by atoms with Gasteiger partial charge in [-0.05, 0) is 36.8 Å². The van der Waals surface area contributed by atoms with Gasteiger partial charge in [-0.2, -0.15) is 17.5 Å². The number of aryl methyl sites for hydroxylation is 1. The minimum atomic E-state index is -4.52. The van der Waals surface area contributed by atoms with E-state index in [0.717, 1.165) is 18.3 Å². The number of amides is 1. The van der Waals surface area contributed by atoms with Crippen molar-refractivity contribution in [3.8, 4) is 5.88 Å². The minimum Gasteiger partial charge on any atom is -0.472 e. The molecule has 162 valence electrons. The van der Waals surface area contributed by atoms with E-state index in [1.807, 2.05) is 0 Å². The molecule has 1 saturated heterocycles. The van der Waals surface area contributed by atoms with E-state index >= 15 is 0 Å². The summed E-state index contributed by atoms with van der Waals surface area (Å²) in [5.41, 5.74) is 0.0775. The number of ether oxygens (including phenoxy) is 1. The third-order valence-electron chi connectivity index (χ3n) is 4.56. The molecule has 1 N–H and O–H groups in total. The number of benzene rings is 1. The van der Waals surface area contributed by atoms with E-state index in [1.54, 1.807) is 19.9 Å². The summed E-state index contributed by atoms with van der Waals surface area (Å²) in [6, 6.07) is 6.11. The van der Waals surface area contributed by atoms with Gasteiger partial charge in [0.15, 0.2) is 0 Å². The highest BCUT2D eigenvalue weighted by Crippen LogP contribution is 2.32. The lowest BCUT2D eigenvalue weighted by Gasteiger charge is -2.37. The minimum absolute atomic E-state index is 0.00593. The van der Waals surface area contributed by atoms with Gasteiger partial charge in [0.05, 0.1) is 23.5 Å². The van der Waals surface area contributed by atoms with Crippen LogP contribution >= 0.6 is 0 Å². The van der Waals surface area contributed by atoms with E-state index in [9.17, 15) is 26.4 Å². The molecule has 0 saturated carbocycles. The van der Waals surface area contributed by atoms with E-state index in [2.05, 4.69) is 10.3 Å². The van der Waals surface area contributed by atoms with Crippen LogP contribution in [0.1, 0.15) is 24.5 Å². The fraction of sp³-hybridized carbons (Fsp3) is 0.368. The highest BCUT2D eigenvalue weighted by atomic mass is 32.2. The van der Waals surface area contributed by atoms with Gasteiger partial charge in [0.2, 0.25) is 21.8 Å². The Hall–Kier alpha value is -2.66. The topological polar surface area (TPSA) is 88.6 Å². The van der Waals surface area contributed by atoms with Gasteiger partial charge in [0.25, 0.3) is 0 Å². The zero-order valence-corrected chi connectivity index (χ0v) is 17.0. The van der Waals surface area contributed by atoms with Crippen LogP contribution in [0, 0.1) is 6.92 Å². The standard InChI is InChI=1S/C19H20F3N3O4S/c1-3-17(26)24-14-4-5-16(12(2)8-14)30(27,28)25-10-15(11-25)29-18-9-13(6-7-23-18)19(20,21)22/h4-9,15H,3,10-11H2,1-2H3,(H,24,26). The molecule has 7 nitrogen and oxygen atoms in total. The maximum Gasteiger partial charge on any atom is 0.416 e. The Morgan fingerprint density at radius 1 is 1.27 bits per heavy atom. The van der Waals surface area contributed by atoms with E-state index < -0.39 is 27.9 Å². The summed E-state index contributed by atoms with van der Waals surface area (Å²) in [7, 11) is -3.80. The number of alkyl halides is 3. The van der Waals surface area contributed by atoms with Crippen LogP contribution in [0.5, 0.6) is 5.88 Å². The molecule has 30 heavy (non-hydrogen) atoms. The second-order valence-electron chi connectivity index (χ2n) is 6.82. The number of anilines is 1. The third kappa shape index (κ3) is 4.73. The number of carbonyl (C=O) groups excluding carboxylic acids is 1. The zero-order chi connectivity index (χ0) is 22.1. The van der Waals surface area contributed by atoms with Crippen molar-refractivity contribution in [2.75, 3.05) is 18.4 Å². The van der Waals surface area contributed by atoms with Crippen molar-refractivity contribution in [1.29, 1.82) is 0 Å². The van der Waals surface area contributed by atoms with Crippen LogP contribution in [0.3, 0.4) is 0 Å². The van der Waals surface area contributed by atoms with Gasteiger partial charge in [-0.25, -0.2) is 13.4 Å². The maximum absolute atomic E-state index is 12.8. The Labute approximate surface area is 171 Å². The first-order valence-electron chi connectivity index (χ1n) is 9.11. The van der Waals surface area contributed by atoms with Crippen LogP contribution in [-0.2, 0) is 21.0 Å². The fourth-order valence-electron chi connectivity index (χ4n) is 2.90. The molecule has 1 aromatic carbocycles. The molecule has 0 radical (unpaired) electrons. The average Bonchev–Trinajstić information content (AvgIpc) is 2.63. The largest absolute Gasteiger partial charge is 0.472 e. The number of pyridine rings is 1. The monoisotopic (exact) mass is 443 g/mol. The lowest BCUT2D eigenvalue weighted by molar-refractivity contribution is -0.137. The van der Waals surface area contributed by atoms with Crippen LogP contribution in [0.4, 0.5) is 18.9 Å². The number of halogens is 3. The molecule has 0 unspecified atom stereocenters. The molecule has 1 aliphatic heterocycles. The van der Waals surface area contributed by atoms with Crippen molar-refractivity contribution in [3.05, 3.63) is 47.7 Å². The summed E-state index contributed by atoms with van der Waals surface area (Å²) in [4.78, 5) is 15.3. The van der Waals surface area contributed by atoms with E-state index in [1.165, 1.54) is 16.4 Å². The van der Waals surface area contributed by atoms with Crippen LogP contribution < -0.4 is 10.1 Å². The molecule has 1 fully saturated rings. The number of hydrogen-bond donors (Lipinski definition) is 1. The van der Waals surface area contributed by atoms with Gasteiger partial charge in [-0.1, -0.05) is 6.92 Å². The summed E-state index contributed by atoms with van der Waals surface area (Å²) in [5.74, 6) is -0.394. The summed E-state index contributed by atoms with van der Waals surface area (Å²) >= 11 is 0. The van der Waals surface area contributed by atoms with Gasteiger partial charge in [-0.3, -0.25) is 4.79 Å². The molecule has 1 aromatic heterocycles. The van der Waals surface area contributed by atoms with Crippen molar-refractivity contribution in [3.63, 3.8) is 0 Å². The number of hydrogen-bond acceptors (Lipinski definition) is 5. The summed E-state index contributed by atoms with van der Waals surface area (Å²) < 4.78 is 70.5. The molecular formula is C19H20F3N3O4S. The Bertz CT molecular complexity index is 1050. The predicted molar refractivity (Wildman–Crippen MR) is 103 cm³/mol. The van der Waals surface area contributed by atoms with Crippen molar-refractivity contribution in [2.24, 2.45) is 0 Å². The first kappa shape index (κ1) is 22.0. The molecule has 1 aliphatic rings. The highest BCUT2D eigenvalue weighted by molar-refractivity contribution is 7.89. The van der Waals surface area contributed by atoms with E-state index in [-0.39, 0.29) is 29.8 Å². The maximum atomic E-state index is 12.8.